The summed E-state index contributed by atoms with van der Waals surface area (Å²) in [5.41, 5.74) is 0. The molecule has 1 aliphatic rings. The summed E-state index contributed by atoms with van der Waals surface area (Å²) < 4.78 is 11.2. The van der Waals surface area contributed by atoms with Gasteiger partial charge in [-0.25, -0.2) is 0 Å². The highest BCUT2D eigenvalue weighted by molar-refractivity contribution is 5.76. The normalized spacial score (nSPS) is 20.0. The highest BCUT2D eigenvalue weighted by atomic mass is 16.7. The quantitative estimate of drug-likeness (QED) is 0.0261. The van der Waals surface area contributed by atoms with E-state index in [9.17, 15) is 30.3 Å². The summed E-state index contributed by atoms with van der Waals surface area (Å²) in [6.45, 7) is 3.63. The smallest absolute Gasteiger partial charge is 0.220 e. The van der Waals surface area contributed by atoms with Crippen LogP contribution in [-0.2, 0) is 14.3 Å². The number of hydrogen-bond acceptors (Lipinski definition) is 8. The zero-order valence-corrected chi connectivity index (χ0v) is 46.1. The Labute approximate surface area is 446 Å². The average molecular weight is 1020 g/mol. The zero-order chi connectivity index (χ0) is 52.9. The predicted octanol–water partition coefficient (Wildman–Crippen LogP) is 14.7. The largest absolute Gasteiger partial charge is 0.394 e. The molecule has 0 radical (unpaired) electrons. The van der Waals surface area contributed by atoms with Crippen LogP contribution < -0.4 is 5.32 Å². The molecule has 1 amide bonds. The van der Waals surface area contributed by atoms with E-state index in [-0.39, 0.29) is 12.5 Å². The first-order valence-corrected chi connectivity index (χ1v) is 29.3. The first-order chi connectivity index (χ1) is 35.8. The van der Waals surface area contributed by atoms with E-state index in [1.54, 1.807) is 6.08 Å². The van der Waals surface area contributed by atoms with E-state index < -0.39 is 49.5 Å². The van der Waals surface area contributed by atoms with E-state index >= 15 is 0 Å². The Morgan fingerprint density at radius 1 is 0.479 bits per heavy atom. The van der Waals surface area contributed by atoms with Crippen molar-refractivity contribution in [1.29, 1.82) is 0 Å². The Morgan fingerprint density at radius 3 is 1.32 bits per heavy atom. The van der Waals surface area contributed by atoms with Gasteiger partial charge < -0.3 is 40.3 Å². The number of carbonyl (C=O) groups excluding carboxylic acids is 1. The van der Waals surface area contributed by atoms with Crippen molar-refractivity contribution in [2.45, 2.75) is 262 Å². The molecule has 9 nitrogen and oxygen atoms in total. The number of nitrogens with one attached hydrogen (secondary N) is 1. The average Bonchev–Trinajstić information content (AvgIpc) is 3.39. The second-order valence-corrected chi connectivity index (χ2v) is 19.7. The SMILES string of the molecule is CC/C=C\C/C=C\C/C=C\C/C=C\C/C=C\C/C=C\C/C=C\C/C=C\CCCCCCCCCCC(=O)NC(COC1OC(CO)C(O)C(O)C1O)C(O)/C=C/CC/C=C/CCCCCCCCCCCCC. The van der Waals surface area contributed by atoms with Gasteiger partial charge in [-0.3, -0.25) is 4.79 Å². The molecule has 7 atom stereocenters. The molecule has 73 heavy (non-hydrogen) atoms. The minimum Gasteiger partial charge on any atom is -0.394 e. The van der Waals surface area contributed by atoms with Crippen LogP contribution in [0.1, 0.15) is 219 Å². The summed E-state index contributed by atoms with van der Waals surface area (Å²) in [7, 11) is 0. The predicted molar refractivity (Wildman–Crippen MR) is 308 cm³/mol. The van der Waals surface area contributed by atoms with Crippen LogP contribution in [0.5, 0.6) is 0 Å². The number of hydrogen-bond donors (Lipinski definition) is 6. The first kappa shape index (κ1) is 67.6. The van der Waals surface area contributed by atoms with Gasteiger partial charge in [-0.15, -0.1) is 0 Å². The molecule has 0 aromatic rings. The standard InChI is InChI=1S/C64H107NO8/c1-3-5-7-9-11-13-15-17-19-21-22-23-24-25-26-27-28-29-30-31-32-33-34-35-36-38-40-42-44-46-48-50-52-54-60(68)65-57(56-72-64-63(71)62(70)61(69)59(55-66)73-64)58(67)53-51-49-47-45-43-41-39-37-20-18-16-14-12-10-8-6-4-2/h5,7,11,13,17,19,22-23,25-26,28-29,31-32,34-35,43,45,51,53,57-59,61-64,66-67,69-71H,3-4,6,8-10,12,14-16,18,20-21,24,27,30,33,36-42,44,46-50,52,54-56H2,1-2H3,(H,65,68)/b7-5-,13-11-,19-17-,23-22-,26-25-,29-28-,32-31-,35-34-,45-43+,53-51+. The molecule has 0 aromatic heterocycles. The maximum Gasteiger partial charge on any atom is 0.220 e. The molecule has 0 saturated carbocycles. The number of ether oxygens (including phenoxy) is 2. The third kappa shape index (κ3) is 41.5. The highest BCUT2D eigenvalue weighted by Gasteiger charge is 2.44. The summed E-state index contributed by atoms with van der Waals surface area (Å²) in [5.74, 6) is -0.200. The lowest BCUT2D eigenvalue weighted by Gasteiger charge is -2.40. The van der Waals surface area contributed by atoms with Crippen molar-refractivity contribution in [3.05, 3.63) is 122 Å². The van der Waals surface area contributed by atoms with Crippen LogP contribution in [-0.4, -0.2) is 87.5 Å². The van der Waals surface area contributed by atoms with E-state index in [0.29, 0.717) is 6.42 Å². The molecule has 0 bridgehead atoms. The topological polar surface area (TPSA) is 149 Å². The lowest BCUT2D eigenvalue weighted by atomic mass is 9.99. The summed E-state index contributed by atoms with van der Waals surface area (Å²) in [6, 6.07) is -0.835. The van der Waals surface area contributed by atoms with Crippen LogP contribution in [0.25, 0.3) is 0 Å². The molecule has 1 heterocycles. The number of aliphatic hydroxyl groups excluding tert-OH is 5. The second-order valence-electron chi connectivity index (χ2n) is 19.7. The number of carbonyl (C=O) groups is 1. The molecule has 0 aliphatic carbocycles. The summed E-state index contributed by atoms with van der Waals surface area (Å²) >= 11 is 0. The zero-order valence-electron chi connectivity index (χ0n) is 46.1. The lowest BCUT2D eigenvalue weighted by Crippen LogP contribution is -2.60. The third-order valence-electron chi connectivity index (χ3n) is 13.0. The monoisotopic (exact) mass is 1020 g/mol. The van der Waals surface area contributed by atoms with Crippen molar-refractivity contribution in [1.82, 2.24) is 5.32 Å². The molecule has 1 saturated heterocycles. The van der Waals surface area contributed by atoms with Crippen molar-refractivity contribution >= 4 is 5.91 Å². The van der Waals surface area contributed by atoms with Gasteiger partial charge in [0, 0.05) is 6.42 Å². The van der Waals surface area contributed by atoms with E-state index in [4.69, 9.17) is 9.47 Å². The van der Waals surface area contributed by atoms with Gasteiger partial charge >= 0.3 is 0 Å². The van der Waals surface area contributed by atoms with E-state index in [1.165, 1.54) is 96.3 Å². The number of aliphatic hydroxyl groups is 5. The number of unbranched alkanes of at least 4 members (excludes halogenated alkanes) is 20. The molecule has 6 N–H and O–H groups in total. The van der Waals surface area contributed by atoms with Gasteiger partial charge in [-0.1, -0.05) is 238 Å². The summed E-state index contributed by atoms with van der Waals surface area (Å²) in [4.78, 5) is 13.1. The van der Waals surface area contributed by atoms with Crippen LogP contribution >= 0.6 is 0 Å². The highest BCUT2D eigenvalue weighted by Crippen LogP contribution is 2.23. The van der Waals surface area contributed by atoms with Gasteiger partial charge in [0.25, 0.3) is 0 Å². The first-order valence-electron chi connectivity index (χ1n) is 29.3. The van der Waals surface area contributed by atoms with Crippen LogP contribution in [0, 0.1) is 0 Å². The van der Waals surface area contributed by atoms with Crippen LogP contribution in [0.3, 0.4) is 0 Å². The Morgan fingerprint density at radius 2 is 0.863 bits per heavy atom. The minimum absolute atomic E-state index is 0.200. The van der Waals surface area contributed by atoms with Crippen LogP contribution in [0.15, 0.2) is 122 Å². The molecule has 0 aromatic carbocycles. The van der Waals surface area contributed by atoms with Crippen molar-refractivity contribution in [3.8, 4) is 0 Å². The molecule has 7 unspecified atom stereocenters. The van der Waals surface area contributed by atoms with E-state index in [2.05, 4.69) is 129 Å². The maximum absolute atomic E-state index is 13.1. The van der Waals surface area contributed by atoms with Gasteiger partial charge in [-0.05, 0) is 96.3 Å². The van der Waals surface area contributed by atoms with Gasteiger partial charge in [0.05, 0.1) is 25.4 Å². The molecule has 9 heteroatoms. The molecular weight excluding hydrogens is 911 g/mol. The summed E-state index contributed by atoms with van der Waals surface area (Å²) in [5, 5.41) is 54.5. The van der Waals surface area contributed by atoms with Crippen LogP contribution in [0.2, 0.25) is 0 Å². The number of amides is 1. The van der Waals surface area contributed by atoms with Crippen molar-refractivity contribution in [3.63, 3.8) is 0 Å². The summed E-state index contributed by atoms with van der Waals surface area (Å²) in [6.07, 6.45) is 71.1. The molecule has 416 valence electrons. The van der Waals surface area contributed by atoms with E-state index in [0.717, 1.165) is 103 Å². The molecule has 1 rings (SSSR count). The third-order valence-corrected chi connectivity index (χ3v) is 13.0. The fraction of sp³-hybridized carbons (Fsp3) is 0.672. The van der Waals surface area contributed by atoms with Crippen molar-refractivity contribution in [2.24, 2.45) is 0 Å². The Balaban J connectivity index is 2.24. The minimum atomic E-state index is -1.58. The molecular formula is C64H107NO8. The molecule has 0 spiro atoms. The fourth-order valence-corrected chi connectivity index (χ4v) is 8.42. The molecule has 1 fully saturated rings. The van der Waals surface area contributed by atoms with Gasteiger partial charge in [-0.2, -0.15) is 0 Å². The Bertz CT molecular complexity index is 1560. The number of allylic oxidation sites excluding steroid dienone is 19. The Kier molecular flexibility index (Phi) is 48.2. The van der Waals surface area contributed by atoms with Gasteiger partial charge in [0.2, 0.25) is 5.91 Å². The number of rotatable bonds is 48. The van der Waals surface area contributed by atoms with E-state index in [1.807, 2.05) is 6.08 Å². The maximum atomic E-state index is 13.1. The van der Waals surface area contributed by atoms with Gasteiger partial charge in [0.1, 0.15) is 24.4 Å². The lowest BCUT2D eigenvalue weighted by molar-refractivity contribution is -0.302. The fourth-order valence-electron chi connectivity index (χ4n) is 8.42. The Hall–Kier alpha value is -3.41. The van der Waals surface area contributed by atoms with Crippen molar-refractivity contribution in [2.75, 3.05) is 13.2 Å². The van der Waals surface area contributed by atoms with Crippen molar-refractivity contribution < 1.29 is 39.8 Å². The van der Waals surface area contributed by atoms with Gasteiger partial charge in [0.15, 0.2) is 6.29 Å². The van der Waals surface area contributed by atoms with Crippen LogP contribution in [0.4, 0.5) is 0 Å². The second kappa shape index (κ2) is 52.0. The molecule has 1 aliphatic heterocycles.